The molecule has 0 aliphatic carbocycles. The molecule has 0 unspecified atom stereocenters. The van der Waals surface area contributed by atoms with Gasteiger partial charge in [-0.05, 0) is 12.1 Å². The summed E-state index contributed by atoms with van der Waals surface area (Å²) in [5.41, 5.74) is -1.70. The highest BCUT2D eigenvalue weighted by Gasteiger charge is 2.39. The van der Waals surface area contributed by atoms with Gasteiger partial charge in [0.15, 0.2) is 5.82 Å². The molecule has 0 bridgehead atoms. The Balaban J connectivity index is 3.65. The zero-order valence-electron chi connectivity index (χ0n) is 7.15. The Morgan fingerprint density at radius 1 is 1.25 bits per heavy atom. The van der Waals surface area contributed by atoms with E-state index in [1.54, 1.807) is 0 Å². The molecule has 16 heavy (non-hydrogen) atoms. The molecule has 0 saturated heterocycles. The predicted octanol–water partition coefficient (Wildman–Crippen LogP) is 3.53. The van der Waals surface area contributed by atoms with Gasteiger partial charge in [0.1, 0.15) is 10.5 Å². The molecule has 0 N–H and O–H groups in total. The van der Waals surface area contributed by atoms with Gasteiger partial charge in [0, 0.05) is 15.2 Å². The smallest absolute Gasteiger partial charge is 0.207 e. The van der Waals surface area contributed by atoms with Crippen LogP contribution in [0.2, 0.25) is 0 Å². The second-order valence-corrected chi connectivity index (χ2v) is 6.06. The normalized spacial score (nSPS) is 12.9. The van der Waals surface area contributed by atoms with E-state index in [9.17, 15) is 26.0 Å². The van der Waals surface area contributed by atoms with Crippen LogP contribution in [0, 0.1) is 5.82 Å². The number of halogens is 6. The van der Waals surface area contributed by atoms with E-state index in [1.807, 2.05) is 0 Å². The van der Waals surface area contributed by atoms with Crippen LogP contribution in [0.15, 0.2) is 21.5 Å². The van der Waals surface area contributed by atoms with Gasteiger partial charge in [0.2, 0.25) is 0 Å². The van der Waals surface area contributed by atoms with E-state index in [4.69, 9.17) is 10.7 Å². The van der Waals surface area contributed by atoms with Crippen LogP contribution in [0.25, 0.3) is 0 Å². The standard InChI is InChI=1S/C7H2BrClF4O2S/c8-3-1-2-4(16(9,14)15)6(10)5(3)7(11,12)13/h1-2H. The molecule has 0 spiro atoms. The van der Waals surface area contributed by atoms with Crippen molar-refractivity contribution in [2.45, 2.75) is 11.1 Å². The highest BCUT2D eigenvalue weighted by atomic mass is 79.9. The number of hydrogen-bond acceptors (Lipinski definition) is 2. The summed E-state index contributed by atoms with van der Waals surface area (Å²) in [5, 5.41) is 0. The number of hydrogen-bond donors (Lipinski definition) is 0. The van der Waals surface area contributed by atoms with Gasteiger partial charge in [-0.1, -0.05) is 15.9 Å². The Morgan fingerprint density at radius 2 is 1.75 bits per heavy atom. The molecule has 0 heterocycles. The second kappa shape index (κ2) is 4.15. The summed E-state index contributed by atoms with van der Waals surface area (Å²) in [6.07, 6.45) is -5.01. The van der Waals surface area contributed by atoms with Crippen molar-refractivity contribution >= 4 is 35.7 Å². The first-order valence-corrected chi connectivity index (χ1v) is 6.65. The van der Waals surface area contributed by atoms with E-state index in [2.05, 4.69) is 15.9 Å². The van der Waals surface area contributed by atoms with E-state index in [1.165, 1.54) is 0 Å². The first kappa shape index (κ1) is 13.7. The zero-order chi connectivity index (χ0) is 12.7. The summed E-state index contributed by atoms with van der Waals surface area (Å²) in [6.45, 7) is 0. The minimum absolute atomic E-state index is 0.596. The fraction of sp³-hybridized carbons (Fsp3) is 0.143. The first-order valence-electron chi connectivity index (χ1n) is 3.55. The molecule has 1 aromatic rings. The van der Waals surface area contributed by atoms with Crippen LogP contribution >= 0.6 is 26.6 Å². The maximum Gasteiger partial charge on any atom is 0.420 e. The molecular formula is C7H2BrClF4O2S. The molecular weight excluding hydrogens is 339 g/mol. The third-order valence-corrected chi connectivity index (χ3v) is 3.60. The van der Waals surface area contributed by atoms with Crippen LogP contribution in [0.3, 0.4) is 0 Å². The van der Waals surface area contributed by atoms with Gasteiger partial charge in [-0.3, -0.25) is 0 Å². The molecule has 0 aromatic heterocycles. The van der Waals surface area contributed by atoms with Crippen LogP contribution in [-0.2, 0) is 15.2 Å². The lowest BCUT2D eigenvalue weighted by Gasteiger charge is -2.11. The van der Waals surface area contributed by atoms with Gasteiger partial charge < -0.3 is 0 Å². The van der Waals surface area contributed by atoms with Crippen LogP contribution in [0.4, 0.5) is 17.6 Å². The van der Waals surface area contributed by atoms with Gasteiger partial charge in [0.25, 0.3) is 9.05 Å². The van der Waals surface area contributed by atoms with Gasteiger partial charge >= 0.3 is 6.18 Å². The molecule has 0 radical (unpaired) electrons. The van der Waals surface area contributed by atoms with Crippen LogP contribution in [-0.4, -0.2) is 8.42 Å². The molecule has 0 atom stereocenters. The third-order valence-electron chi connectivity index (χ3n) is 1.60. The van der Waals surface area contributed by atoms with E-state index in [0.717, 1.165) is 6.07 Å². The minimum atomic E-state index is -5.01. The van der Waals surface area contributed by atoms with Crippen LogP contribution in [0.1, 0.15) is 5.56 Å². The molecule has 9 heteroatoms. The fourth-order valence-electron chi connectivity index (χ4n) is 0.982. The molecule has 2 nitrogen and oxygen atoms in total. The van der Waals surface area contributed by atoms with E-state index in [-0.39, 0.29) is 0 Å². The van der Waals surface area contributed by atoms with Crippen molar-refractivity contribution in [2.75, 3.05) is 0 Å². The van der Waals surface area contributed by atoms with Gasteiger partial charge in [0.05, 0.1) is 0 Å². The second-order valence-electron chi connectivity index (χ2n) is 2.67. The molecule has 1 aromatic carbocycles. The summed E-state index contributed by atoms with van der Waals surface area (Å²) in [7, 11) is 0.231. The van der Waals surface area contributed by atoms with Crippen molar-refractivity contribution < 1.29 is 26.0 Å². The lowest BCUT2D eigenvalue weighted by Crippen LogP contribution is -2.12. The van der Waals surface area contributed by atoms with Gasteiger partial charge in [-0.25, -0.2) is 12.8 Å². The molecule has 0 aliphatic heterocycles. The minimum Gasteiger partial charge on any atom is -0.207 e. The van der Waals surface area contributed by atoms with Gasteiger partial charge in [-0.15, -0.1) is 0 Å². The van der Waals surface area contributed by atoms with E-state index < -0.39 is 36.0 Å². The monoisotopic (exact) mass is 340 g/mol. The third kappa shape index (κ3) is 2.67. The zero-order valence-corrected chi connectivity index (χ0v) is 10.3. The van der Waals surface area contributed by atoms with Crippen molar-refractivity contribution in [3.63, 3.8) is 0 Å². The van der Waals surface area contributed by atoms with Crippen LogP contribution < -0.4 is 0 Å². The summed E-state index contributed by atoms with van der Waals surface area (Å²) < 4.78 is 71.4. The molecule has 0 fully saturated rings. The summed E-state index contributed by atoms with van der Waals surface area (Å²) in [4.78, 5) is -1.20. The average Bonchev–Trinajstić information content (AvgIpc) is 1.97. The highest BCUT2D eigenvalue weighted by Crippen LogP contribution is 2.39. The molecule has 1 rings (SSSR count). The number of alkyl halides is 3. The molecule has 0 amide bonds. The Labute approximate surface area is 101 Å². The van der Waals surface area contributed by atoms with Crippen molar-refractivity contribution in [3.05, 3.63) is 28.0 Å². The van der Waals surface area contributed by atoms with Crippen molar-refractivity contribution in [2.24, 2.45) is 0 Å². The quantitative estimate of drug-likeness (QED) is 0.578. The summed E-state index contributed by atoms with van der Waals surface area (Å²) in [5.74, 6) is -1.92. The maximum absolute atomic E-state index is 13.3. The van der Waals surface area contributed by atoms with Crippen molar-refractivity contribution in [1.29, 1.82) is 0 Å². The molecule has 90 valence electrons. The van der Waals surface area contributed by atoms with Crippen molar-refractivity contribution in [1.82, 2.24) is 0 Å². The summed E-state index contributed by atoms with van der Waals surface area (Å²) >= 11 is 2.49. The first-order chi connectivity index (χ1) is 7.05. The fourth-order valence-corrected chi connectivity index (χ4v) is 2.42. The lowest BCUT2D eigenvalue weighted by atomic mass is 10.2. The van der Waals surface area contributed by atoms with E-state index in [0.29, 0.717) is 6.07 Å². The lowest BCUT2D eigenvalue weighted by molar-refractivity contribution is -0.140. The highest BCUT2D eigenvalue weighted by molar-refractivity contribution is 9.10. The van der Waals surface area contributed by atoms with Crippen LogP contribution in [0.5, 0.6) is 0 Å². The Morgan fingerprint density at radius 3 is 2.12 bits per heavy atom. The molecule has 0 aliphatic rings. The van der Waals surface area contributed by atoms with Crippen molar-refractivity contribution in [3.8, 4) is 0 Å². The number of benzene rings is 1. The Kier molecular flexibility index (Phi) is 3.56. The topological polar surface area (TPSA) is 34.1 Å². The predicted molar refractivity (Wildman–Crippen MR) is 52.1 cm³/mol. The largest absolute Gasteiger partial charge is 0.420 e. The average molecular weight is 342 g/mol. The van der Waals surface area contributed by atoms with Gasteiger partial charge in [-0.2, -0.15) is 13.2 Å². The van der Waals surface area contributed by atoms with E-state index >= 15 is 0 Å². The molecule has 0 saturated carbocycles. The Hall–Kier alpha value is -0.340. The maximum atomic E-state index is 13.3. The SMILES string of the molecule is O=S(=O)(Cl)c1ccc(Br)c(C(F)(F)F)c1F. The Bertz CT molecular complexity index is 526. The number of rotatable bonds is 1. The summed E-state index contributed by atoms with van der Waals surface area (Å²) in [6, 6.07) is 1.41.